The summed E-state index contributed by atoms with van der Waals surface area (Å²) in [5.74, 6) is 1.43. The Balaban J connectivity index is 1.94. The van der Waals surface area contributed by atoms with Gasteiger partial charge in [-0.1, -0.05) is 42.5 Å². The number of ether oxygens (including phenoxy) is 4. The van der Waals surface area contributed by atoms with E-state index >= 15 is 0 Å². The van der Waals surface area contributed by atoms with Gasteiger partial charge in [0.05, 0.1) is 33.5 Å². The van der Waals surface area contributed by atoms with Gasteiger partial charge < -0.3 is 24.1 Å². The highest BCUT2D eigenvalue weighted by Crippen LogP contribution is 2.31. The molecule has 0 aliphatic carbocycles. The van der Waals surface area contributed by atoms with E-state index in [1.54, 1.807) is 21.3 Å². The first kappa shape index (κ1) is 23.2. The van der Waals surface area contributed by atoms with Gasteiger partial charge in [-0.3, -0.25) is 4.90 Å². The number of hydrogen-bond acceptors (Lipinski definition) is 6. The van der Waals surface area contributed by atoms with Gasteiger partial charge in [0, 0.05) is 38.9 Å². The lowest BCUT2D eigenvalue weighted by Crippen LogP contribution is -2.35. The molecule has 0 heterocycles. The second kappa shape index (κ2) is 13.2. The molecule has 6 nitrogen and oxygen atoms in total. The molecule has 2 aromatic carbocycles. The van der Waals surface area contributed by atoms with Crippen LogP contribution >= 0.6 is 0 Å². The average Bonchev–Trinajstić information content (AvgIpc) is 2.74. The summed E-state index contributed by atoms with van der Waals surface area (Å²) >= 11 is 0. The van der Waals surface area contributed by atoms with Crippen molar-refractivity contribution < 1.29 is 24.1 Å². The topological polar surface area (TPSA) is 60.4 Å². The van der Waals surface area contributed by atoms with E-state index in [4.69, 9.17) is 18.9 Å². The molecule has 1 N–H and O–H groups in total. The number of aliphatic hydroxyl groups excluding tert-OH is 1. The van der Waals surface area contributed by atoms with Crippen LogP contribution in [0.4, 0.5) is 0 Å². The van der Waals surface area contributed by atoms with Crippen molar-refractivity contribution in [3.8, 4) is 11.5 Å². The number of nitrogens with zero attached hydrogens (tertiary/aromatic N) is 1. The number of benzene rings is 2. The summed E-state index contributed by atoms with van der Waals surface area (Å²) in [6.45, 7) is 3.38. The molecule has 0 aliphatic heterocycles. The fraction of sp³-hybridized carbons (Fsp3) is 0.478. The molecule has 160 valence electrons. The van der Waals surface area contributed by atoms with E-state index in [2.05, 4.69) is 4.90 Å². The number of hydrogen-bond donors (Lipinski definition) is 1. The quantitative estimate of drug-likeness (QED) is 0.489. The molecule has 29 heavy (non-hydrogen) atoms. The average molecular weight is 404 g/mol. The largest absolute Gasteiger partial charge is 0.493 e. The van der Waals surface area contributed by atoms with E-state index in [0.29, 0.717) is 32.1 Å². The Hall–Kier alpha value is -2.12. The Bertz CT molecular complexity index is 695. The summed E-state index contributed by atoms with van der Waals surface area (Å²) in [4.78, 5) is 2.19. The maximum absolute atomic E-state index is 10.5. The van der Waals surface area contributed by atoms with E-state index in [1.165, 1.54) is 0 Å². The zero-order valence-corrected chi connectivity index (χ0v) is 17.7. The third-order valence-corrected chi connectivity index (χ3v) is 4.59. The molecule has 0 aromatic heterocycles. The van der Waals surface area contributed by atoms with E-state index < -0.39 is 6.10 Å². The molecule has 0 saturated carbocycles. The summed E-state index contributed by atoms with van der Waals surface area (Å²) in [6.07, 6.45) is 0.290. The van der Waals surface area contributed by atoms with Crippen LogP contribution in [-0.2, 0) is 22.6 Å². The fourth-order valence-corrected chi connectivity index (χ4v) is 3.22. The Morgan fingerprint density at radius 3 is 2.45 bits per heavy atom. The highest BCUT2D eigenvalue weighted by molar-refractivity contribution is 5.46. The zero-order valence-electron chi connectivity index (χ0n) is 17.7. The zero-order chi connectivity index (χ0) is 20.9. The maximum atomic E-state index is 10.5. The van der Waals surface area contributed by atoms with Crippen LogP contribution in [0.1, 0.15) is 17.5 Å². The molecule has 0 amide bonds. The van der Waals surface area contributed by atoms with Gasteiger partial charge in [0.25, 0.3) is 0 Å². The second-order valence-corrected chi connectivity index (χ2v) is 6.89. The highest BCUT2D eigenvalue weighted by Gasteiger charge is 2.16. The van der Waals surface area contributed by atoms with Crippen molar-refractivity contribution in [2.24, 2.45) is 0 Å². The molecule has 0 aliphatic rings. The van der Waals surface area contributed by atoms with E-state index in [9.17, 15) is 5.11 Å². The second-order valence-electron chi connectivity index (χ2n) is 6.89. The van der Waals surface area contributed by atoms with Crippen LogP contribution in [0, 0.1) is 0 Å². The first-order valence-electron chi connectivity index (χ1n) is 9.88. The van der Waals surface area contributed by atoms with Gasteiger partial charge in [-0.2, -0.15) is 0 Å². The van der Waals surface area contributed by atoms with Crippen molar-refractivity contribution in [3.05, 3.63) is 59.7 Å². The molecule has 2 aromatic rings. The van der Waals surface area contributed by atoms with Crippen molar-refractivity contribution >= 4 is 0 Å². The molecule has 0 bridgehead atoms. The first-order valence-corrected chi connectivity index (χ1v) is 9.88. The highest BCUT2D eigenvalue weighted by atomic mass is 16.5. The molecule has 1 atom stereocenters. The molecule has 2 rings (SSSR count). The minimum atomic E-state index is -0.585. The summed E-state index contributed by atoms with van der Waals surface area (Å²) in [6, 6.07) is 15.8. The third kappa shape index (κ3) is 8.03. The van der Waals surface area contributed by atoms with Gasteiger partial charge in [0.15, 0.2) is 11.5 Å². The standard InChI is InChI=1S/C23H33NO5/c1-26-14-8-13-24(15-20-11-7-12-22(27-2)23(20)28-3)16-21(25)18-29-17-19-9-5-4-6-10-19/h4-7,9-12,21,25H,8,13-18H2,1-3H3/t21-/m0/s1. The van der Waals surface area contributed by atoms with Gasteiger partial charge in [0.1, 0.15) is 0 Å². The lowest BCUT2D eigenvalue weighted by Gasteiger charge is -2.26. The van der Waals surface area contributed by atoms with Crippen molar-refractivity contribution in [1.29, 1.82) is 0 Å². The summed E-state index contributed by atoms with van der Waals surface area (Å²) in [7, 11) is 4.97. The number of para-hydroxylation sites is 1. The Morgan fingerprint density at radius 1 is 0.966 bits per heavy atom. The van der Waals surface area contributed by atoms with Crippen LogP contribution < -0.4 is 9.47 Å². The molecule has 0 fully saturated rings. The SMILES string of the molecule is COCCCN(Cc1cccc(OC)c1OC)C[C@H](O)COCc1ccccc1. The molecular weight excluding hydrogens is 370 g/mol. The van der Waals surface area contributed by atoms with E-state index in [-0.39, 0.29) is 6.61 Å². The summed E-state index contributed by atoms with van der Waals surface area (Å²) in [5, 5.41) is 10.5. The third-order valence-electron chi connectivity index (χ3n) is 4.59. The molecule has 0 radical (unpaired) electrons. The molecule has 0 spiro atoms. The van der Waals surface area contributed by atoms with Gasteiger partial charge in [-0.05, 0) is 18.1 Å². The van der Waals surface area contributed by atoms with Gasteiger partial charge in [-0.15, -0.1) is 0 Å². The maximum Gasteiger partial charge on any atom is 0.165 e. The lowest BCUT2D eigenvalue weighted by atomic mass is 10.1. The predicted molar refractivity (Wildman–Crippen MR) is 113 cm³/mol. The van der Waals surface area contributed by atoms with Crippen LogP contribution in [0.5, 0.6) is 11.5 Å². The van der Waals surface area contributed by atoms with Crippen molar-refractivity contribution in [3.63, 3.8) is 0 Å². The lowest BCUT2D eigenvalue weighted by molar-refractivity contribution is 0.00727. The van der Waals surface area contributed by atoms with E-state index in [1.807, 2.05) is 48.5 Å². The van der Waals surface area contributed by atoms with Crippen molar-refractivity contribution in [2.45, 2.75) is 25.7 Å². The Morgan fingerprint density at radius 2 is 1.76 bits per heavy atom. The molecule has 0 unspecified atom stereocenters. The summed E-state index contributed by atoms with van der Waals surface area (Å²) in [5.41, 5.74) is 2.11. The smallest absolute Gasteiger partial charge is 0.165 e. The monoisotopic (exact) mass is 403 g/mol. The van der Waals surface area contributed by atoms with Gasteiger partial charge >= 0.3 is 0 Å². The number of rotatable bonds is 14. The molecule has 6 heteroatoms. The minimum absolute atomic E-state index is 0.283. The Kier molecular flexibility index (Phi) is 10.5. The van der Waals surface area contributed by atoms with Crippen LogP contribution in [-0.4, -0.2) is 63.7 Å². The molecule has 0 saturated heterocycles. The first-order chi connectivity index (χ1) is 14.2. The van der Waals surface area contributed by atoms with E-state index in [0.717, 1.165) is 29.8 Å². The van der Waals surface area contributed by atoms with Crippen LogP contribution in [0.3, 0.4) is 0 Å². The summed E-state index contributed by atoms with van der Waals surface area (Å²) < 4.78 is 21.8. The Labute approximate surface area is 174 Å². The van der Waals surface area contributed by atoms with Crippen LogP contribution in [0.25, 0.3) is 0 Å². The van der Waals surface area contributed by atoms with Crippen LogP contribution in [0.15, 0.2) is 48.5 Å². The van der Waals surface area contributed by atoms with Crippen molar-refractivity contribution in [2.75, 3.05) is 47.6 Å². The van der Waals surface area contributed by atoms with Gasteiger partial charge in [-0.25, -0.2) is 0 Å². The van der Waals surface area contributed by atoms with Crippen LogP contribution in [0.2, 0.25) is 0 Å². The molecular formula is C23H33NO5. The van der Waals surface area contributed by atoms with Gasteiger partial charge in [0.2, 0.25) is 0 Å². The number of aliphatic hydroxyl groups is 1. The predicted octanol–water partition coefficient (Wildman–Crippen LogP) is 3.12. The minimum Gasteiger partial charge on any atom is -0.493 e. The number of methoxy groups -OCH3 is 3. The van der Waals surface area contributed by atoms with Crippen molar-refractivity contribution in [1.82, 2.24) is 4.90 Å². The fourth-order valence-electron chi connectivity index (χ4n) is 3.22. The normalized spacial score (nSPS) is 12.2.